The highest BCUT2D eigenvalue weighted by Crippen LogP contribution is 2.31. The van der Waals surface area contributed by atoms with Gasteiger partial charge in [0.15, 0.2) is 0 Å². The van der Waals surface area contributed by atoms with Crippen LogP contribution >= 0.6 is 11.6 Å². The molecule has 1 aromatic rings. The minimum Gasteiger partial charge on any atom is -0.491 e. The Kier molecular flexibility index (Phi) is 5.89. The number of nitrogens with one attached hydrogen (secondary N) is 2. The number of ether oxygens (including phenoxy) is 1. The average molecular weight is 327 g/mol. The molecule has 0 radical (unpaired) electrons. The lowest BCUT2D eigenvalue weighted by Crippen LogP contribution is -2.30. The zero-order chi connectivity index (χ0) is 15.9. The predicted molar refractivity (Wildman–Crippen MR) is 83.6 cm³/mol. The van der Waals surface area contributed by atoms with Gasteiger partial charge in [-0.3, -0.25) is 4.79 Å². The molecule has 0 bridgehead atoms. The molecular weight excluding hydrogens is 308 g/mol. The first-order valence-electron chi connectivity index (χ1n) is 7.23. The quantitative estimate of drug-likeness (QED) is 0.718. The number of halogens is 1. The molecule has 7 heteroatoms. The summed E-state index contributed by atoms with van der Waals surface area (Å²) in [5, 5.41) is 14.1. The maximum absolute atomic E-state index is 11.7. The molecule has 0 heterocycles. The summed E-state index contributed by atoms with van der Waals surface area (Å²) in [4.78, 5) is 22.2. The number of hydrogen-bond donors (Lipinski definition) is 3. The van der Waals surface area contributed by atoms with Crippen LogP contribution < -0.4 is 15.4 Å². The number of carboxylic acid groups (broad SMARTS) is 1. The van der Waals surface area contributed by atoms with Crippen molar-refractivity contribution in [3.8, 4) is 5.75 Å². The molecule has 1 fully saturated rings. The molecule has 1 saturated carbocycles. The summed E-state index contributed by atoms with van der Waals surface area (Å²) < 4.78 is 5.74. The van der Waals surface area contributed by atoms with Gasteiger partial charge in [0.25, 0.3) is 0 Å². The van der Waals surface area contributed by atoms with Gasteiger partial charge in [0.1, 0.15) is 5.75 Å². The summed E-state index contributed by atoms with van der Waals surface area (Å²) in [5.74, 6) is 0.171. The fraction of sp³-hybridized carbons (Fsp3) is 0.467. The molecule has 0 spiro atoms. The first kappa shape index (κ1) is 16.4. The van der Waals surface area contributed by atoms with Gasteiger partial charge >= 0.3 is 12.0 Å². The van der Waals surface area contributed by atoms with E-state index in [1.54, 1.807) is 18.2 Å². The van der Waals surface area contributed by atoms with Crippen LogP contribution in [0.15, 0.2) is 18.2 Å². The molecule has 1 aliphatic carbocycles. The number of urea groups is 1. The smallest absolute Gasteiger partial charge is 0.319 e. The monoisotopic (exact) mass is 326 g/mol. The Morgan fingerprint density at radius 3 is 2.77 bits per heavy atom. The molecule has 0 aliphatic heterocycles. The lowest BCUT2D eigenvalue weighted by Gasteiger charge is -2.25. The molecule has 0 aromatic heterocycles. The molecular formula is C15H19ClN2O4. The average Bonchev–Trinajstić information content (AvgIpc) is 2.38. The van der Waals surface area contributed by atoms with E-state index < -0.39 is 12.0 Å². The van der Waals surface area contributed by atoms with Crippen molar-refractivity contribution in [3.05, 3.63) is 23.2 Å². The lowest BCUT2D eigenvalue weighted by atomic mass is 9.86. The SMILES string of the molecule is O=C(O)CCNC(=O)Nc1cc(Cl)ccc1OCC1CCC1. The summed E-state index contributed by atoms with van der Waals surface area (Å²) >= 11 is 5.94. The van der Waals surface area contributed by atoms with E-state index in [9.17, 15) is 9.59 Å². The maximum atomic E-state index is 11.7. The largest absolute Gasteiger partial charge is 0.491 e. The van der Waals surface area contributed by atoms with E-state index >= 15 is 0 Å². The molecule has 0 unspecified atom stereocenters. The Bertz CT molecular complexity index is 546. The van der Waals surface area contributed by atoms with Crippen molar-refractivity contribution < 1.29 is 19.4 Å². The van der Waals surface area contributed by atoms with Gasteiger partial charge in [-0.1, -0.05) is 18.0 Å². The predicted octanol–water partition coefficient (Wildman–Crippen LogP) is 3.12. The zero-order valence-electron chi connectivity index (χ0n) is 12.1. The summed E-state index contributed by atoms with van der Waals surface area (Å²) in [7, 11) is 0. The van der Waals surface area contributed by atoms with Crippen LogP contribution in [0.1, 0.15) is 25.7 Å². The maximum Gasteiger partial charge on any atom is 0.319 e. The van der Waals surface area contributed by atoms with E-state index in [0.29, 0.717) is 29.0 Å². The Hall–Kier alpha value is -1.95. The number of carbonyl (C=O) groups is 2. The second kappa shape index (κ2) is 7.89. The van der Waals surface area contributed by atoms with Gasteiger partial charge in [0.05, 0.1) is 18.7 Å². The molecule has 3 N–H and O–H groups in total. The second-order valence-electron chi connectivity index (χ2n) is 5.27. The normalized spacial score (nSPS) is 14.0. The van der Waals surface area contributed by atoms with Crippen LogP contribution in [0.4, 0.5) is 10.5 Å². The number of aliphatic carboxylic acids is 1. The zero-order valence-corrected chi connectivity index (χ0v) is 12.9. The molecule has 0 atom stereocenters. The minimum absolute atomic E-state index is 0.0556. The number of carbonyl (C=O) groups excluding carboxylic acids is 1. The van der Waals surface area contributed by atoms with E-state index in [0.717, 1.165) is 0 Å². The van der Waals surface area contributed by atoms with Crippen molar-refractivity contribution in [1.29, 1.82) is 0 Å². The Morgan fingerprint density at radius 1 is 1.36 bits per heavy atom. The fourth-order valence-corrected chi connectivity index (χ4v) is 2.21. The van der Waals surface area contributed by atoms with Crippen LogP contribution in [-0.4, -0.2) is 30.3 Å². The van der Waals surface area contributed by atoms with E-state index in [1.807, 2.05) is 0 Å². The van der Waals surface area contributed by atoms with E-state index in [4.69, 9.17) is 21.4 Å². The topological polar surface area (TPSA) is 87.7 Å². The fourth-order valence-electron chi connectivity index (χ4n) is 2.04. The van der Waals surface area contributed by atoms with Crippen molar-refractivity contribution >= 4 is 29.3 Å². The van der Waals surface area contributed by atoms with E-state index in [1.165, 1.54) is 19.3 Å². The second-order valence-corrected chi connectivity index (χ2v) is 5.71. The lowest BCUT2D eigenvalue weighted by molar-refractivity contribution is -0.136. The third kappa shape index (κ3) is 5.11. The molecule has 22 heavy (non-hydrogen) atoms. The first-order valence-corrected chi connectivity index (χ1v) is 7.61. The molecule has 1 aromatic carbocycles. The summed E-state index contributed by atoms with van der Waals surface area (Å²) in [6.07, 6.45) is 3.46. The van der Waals surface area contributed by atoms with Gasteiger partial charge in [0.2, 0.25) is 0 Å². The minimum atomic E-state index is -0.965. The van der Waals surface area contributed by atoms with Crippen molar-refractivity contribution in [2.45, 2.75) is 25.7 Å². The summed E-state index contributed by atoms with van der Waals surface area (Å²) in [6, 6.07) is 4.53. The molecule has 2 rings (SSSR count). The van der Waals surface area contributed by atoms with Crippen molar-refractivity contribution in [3.63, 3.8) is 0 Å². The van der Waals surface area contributed by atoms with Crippen LogP contribution in [0, 0.1) is 5.92 Å². The number of benzene rings is 1. The van der Waals surface area contributed by atoms with Crippen molar-refractivity contribution in [1.82, 2.24) is 5.32 Å². The number of hydrogen-bond acceptors (Lipinski definition) is 3. The summed E-state index contributed by atoms with van der Waals surface area (Å²) in [6.45, 7) is 0.678. The van der Waals surface area contributed by atoms with Crippen molar-refractivity contribution in [2.24, 2.45) is 5.92 Å². The van der Waals surface area contributed by atoms with Crippen LogP contribution in [0.2, 0.25) is 5.02 Å². The highest BCUT2D eigenvalue weighted by Gasteiger charge is 2.19. The van der Waals surface area contributed by atoms with Gasteiger partial charge < -0.3 is 20.5 Å². The Morgan fingerprint density at radius 2 is 2.14 bits per heavy atom. The first-order chi connectivity index (χ1) is 10.5. The van der Waals surface area contributed by atoms with Gasteiger partial charge in [-0.2, -0.15) is 0 Å². The van der Waals surface area contributed by atoms with Crippen LogP contribution in [0.3, 0.4) is 0 Å². The molecule has 120 valence electrons. The Balaban J connectivity index is 1.90. The highest BCUT2D eigenvalue weighted by atomic mass is 35.5. The highest BCUT2D eigenvalue weighted by molar-refractivity contribution is 6.31. The summed E-state index contributed by atoms with van der Waals surface area (Å²) in [5.41, 5.74) is 0.472. The van der Waals surface area contributed by atoms with E-state index in [2.05, 4.69) is 10.6 Å². The molecule has 1 aliphatic rings. The van der Waals surface area contributed by atoms with Gasteiger partial charge in [-0.05, 0) is 37.0 Å². The standard InChI is InChI=1S/C15H19ClN2O4/c16-11-4-5-13(22-9-10-2-1-3-10)12(8-11)18-15(21)17-7-6-14(19)20/h4-5,8,10H,1-3,6-7,9H2,(H,19,20)(H2,17,18,21). The molecule has 6 nitrogen and oxygen atoms in total. The van der Waals surface area contributed by atoms with Crippen LogP contribution in [0.25, 0.3) is 0 Å². The van der Waals surface area contributed by atoms with Gasteiger partial charge in [-0.15, -0.1) is 0 Å². The number of amides is 2. The van der Waals surface area contributed by atoms with Crippen LogP contribution in [0.5, 0.6) is 5.75 Å². The Labute approximate surface area is 133 Å². The third-order valence-corrected chi connectivity index (χ3v) is 3.75. The third-order valence-electron chi connectivity index (χ3n) is 3.51. The number of carboxylic acids is 1. The number of anilines is 1. The van der Waals surface area contributed by atoms with E-state index in [-0.39, 0.29) is 13.0 Å². The van der Waals surface area contributed by atoms with Gasteiger partial charge in [-0.25, -0.2) is 4.79 Å². The van der Waals surface area contributed by atoms with Crippen LogP contribution in [-0.2, 0) is 4.79 Å². The van der Waals surface area contributed by atoms with Crippen molar-refractivity contribution in [2.75, 3.05) is 18.5 Å². The number of rotatable bonds is 7. The van der Waals surface area contributed by atoms with Gasteiger partial charge in [0, 0.05) is 11.6 Å². The molecule has 0 saturated heterocycles. The molecule has 2 amide bonds.